The zero-order chi connectivity index (χ0) is 11.7. The van der Waals surface area contributed by atoms with E-state index in [-0.39, 0.29) is 5.91 Å². The molecule has 1 amide bonds. The first-order valence-electron chi connectivity index (χ1n) is 5.46. The third kappa shape index (κ3) is 1.92. The molecule has 1 aliphatic rings. The number of H-pyrrole nitrogens is 1. The quantitative estimate of drug-likeness (QED) is 0.724. The highest BCUT2D eigenvalue weighted by atomic mass is 16.1. The van der Waals surface area contributed by atoms with Crippen LogP contribution in [0.4, 0.5) is 5.82 Å². The molecule has 0 fully saturated rings. The Bertz CT molecular complexity index is 548. The average Bonchev–Trinajstić information content (AvgIpc) is 2.97. The first kappa shape index (κ1) is 10.0. The number of aromatic amines is 1. The highest BCUT2D eigenvalue weighted by molar-refractivity contribution is 6.03. The van der Waals surface area contributed by atoms with Gasteiger partial charge in [-0.15, -0.1) is 0 Å². The standard InChI is InChI=1S/C12H12N4O/c17-12(15-11-3-4-14-16-11)8-1-2-9-6-13-7-10(9)5-8/h1-5,13H,6-7H2,(H2,14,15,16,17). The monoisotopic (exact) mass is 228 g/mol. The SMILES string of the molecule is O=C(Nc1ccn[nH]1)c1ccc2c(c1)CNC2. The highest BCUT2D eigenvalue weighted by Gasteiger charge is 2.13. The molecule has 0 aliphatic carbocycles. The molecule has 5 nitrogen and oxygen atoms in total. The minimum absolute atomic E-state index is 0.121. The highest BCUT2D eigenvalue weighted by Crippen LogP contribution is 2.17. The minimum Gasteiger partial charge on any atom is -0.309 e. The van der Waals surface area contributed by atoms with Crippen LogP contribution in [-0.4, -0.2) is 16.1 Å². The fraction of sp³-hybridized carbons (Fsp3) is 0.167. The average molecular weight is 228 g/mol. The Morgan fingerprint density at radius 3 is 2.94 bits per heavy atom. The fourth-order valence-electron chi connectivity index (χ4n) is 1.96. The van der Waals surface area contributed by atoms with E-state index in [4.69, 9.17) is 0 Å². The molecule has 1 aromatic heterocycles. The maximum Gasteiger partial charge on any atom is 0.256 e. The first-order chi connectivity index (χ1) is 8.33. The van der Waals surface area contributed by atoms with E-state index in [2.05, 4.69) is 20.8 Å². The van der Waals surface area contributed by atoms with Crippen LogP contribution in [0.3, 0.4) is 0 Å². The maximum absolute atomic E-state index is 11.9. The van der Waals surface area contributed by atoms with E-state index < -0.39 is 0 Å². The van der Waals surface area contributed by atoms with Gasteiger partial charge in [0.1, 0.15) is 5.82 Å². The van der Waals surface area contributed by atoms with Gasteiger partial charge >= 0.3 is 0 Å². The molecule has 0 spiro atoms. The summed E-state index contributed by atoms with van der Waals surface area (Å²) in [7, 11) is 0. The molecule has 2 aromatic rings. The lowest BCUT2D eigenvalue weighted by Crippen LogP contribution is -2.12. The summed E-state index contributed by atoms with van der Waals surface area (Å²) in [6, 6.07) is 7.49. The summed E-state index contributed by atoms with van der Waals surface area (Å²) in [6.45, 7) is 1.72. The van der Waals surface area contributed by atoms with E-state index in [1.54, 1.807) is 12.3 Å². The second kappa shape index (κ2) is 4.03. The summed E-state index contributed by atoms with van der Waals surface area (Å²) in [4.78, 5) is 11.9. The second-order valence-corrected chi connectivity index (χ2v) is 4.01. The summed E-state index contributed by atoms with van der Waals surface area (Å²) in [5.41, 5.74) is 3.13. The number of carbonyl (C=O) groups is 1. The zero-order valence-electron chi connectivity index (χ0n) is 9.16. The van der Waals surface area contributed by atoms with Crippen LogP contribution in [0.2, 0.25) is 0 Å². The number of nitrogens with zero attached hydrogens (tertiary/aromatic N) is 1. The summed E-state index contributed by atoms with van der Waals surface area (Å²) >= 11 is 0. The lowest BCUT2D eigenvalue weighted by atomic mass is 10.1. The Kier molecular flexibility index (Phi) is 2.38. The van der Waals surface area contributed by atoms with E-state index in [9.17, 15) is 4.79 Å². The molecule has 5 heteroatoms. The minimum atomic E-state index is -0.121. The maximum atomic E-state index is 11.9. The Labute approximate surface area is 98.2 Å². The van der Waals surface area contributed by atoms with E-state index in [1.807, 2.05) is 18.2 Å². The van der Waals surface area contributed by atoms with Gasteiger partial charge in [0.05, 0.1) is 6.20 Å². The van der Waals surface area contributed by atoms with Crippen molar-refractivity contribution in [3.05, 3.63) is 47.2 Å². The molecule has 1 aromatic carbocycles. The van der Waals surface area contributed by atoms with E-state index in [1.165, 1.54) is 11.1 Å². The number of hydrogen-bond acceptors (Lipinski definition) is 3. The lowest BCUT2D eigenvalue weighted by molar-refractivity contribution is 0.102. The molecular formula is C12H12N4O. The van der Waals surface area contributed by atoms with Gasteiger partial charge in [0.2, 0.25) is 0 Å². The molecule has 0 radical (unpaired) electrons. The smallest absolute Gasteiger partial charge is 0.256 e. The predicted molar refractivity (Wildman–Crippen MR) is 63.5 cm³/mol. The number of benzene rings is 1. The van der Waals surface area contributed by atoms with E-state index in [0.29, 0.717) is 11.4 Å². The molecule has 3 rings (SSSR count). The first-order valence-corrected chi connectivity index (χ1v) is 5.46. The number of carbonyl (C=O) groups excluding carboxylic acids is 1. The lowest BCUT2D eigenvalue weighted by Gasteiger charge is -2.04. The van der Waals surface area contributed by atoms with Crippen molar-refractivity contribution < 1.29 is 4.79 Å². The number of rotatable bonds is 2. The van der Waals surface area contributed by atoms with Crippen molar-refractivity contribution in [3.8, 4) is 0 Å². The molecule has 0 saturated carbocycles. The molecule has 3 N–H and O–H groups in total. The van der Waals surface area contributed by atoms with Crippen molar-refractivity contribution in [1.29, 1.82) is 0 Å². The van der Waals surface area contributed by atoms with Crippen molar-refractivity contribution in [2.75, 3.05) is 5.32 Å². The molecule has 17 heavy (non-hydrogen) atoms. The van der Waals surface area contributed by atoms with Gasteiger partial charge in [0.25, 0.3) is 5.91 Å². The van der Waals surface area contributed by atoms with Crippen molar-refractivity contribution >= 4 is 11.7 Å². The number of aromatic nitrogens is 2. The molecule has 0 atom stereocenters. The van der Waals surface area contributed by atoms with Gasteiger partial charge in [-0.2, -0.15) is 5.10 Å². The van der Waals surface area contributed by atoms with Gasteiger partial charge in [-0.1, -0.05) is 6.07 Å². The Hall–Kier alpha value is -2.14. The molecular weight excluding hydrogens is 216 g/mol. The zero-order valence-corrected chi connectivity index (χ0v) is 9.16. The van der Waals surface area contributed by atoms with E-state index >= 15 is 0 Å². The van der Waals surface area contributed by atoms with Crippen molar-refractivity contribution in [2.24, 2.45) is 0 Å². The summed E-state index contributed by atoms with van der Waals surface area (Å²) in [5.74, 6) is 0.484. The Balaban J connectivity index is 1.82. The number of nitrogens with one attached hydrogen (secondary N) is 3. The predicted octanol–water partition coefficient (Wildman–Crippen LogP) is 1.27. The number of fused-ring (bicyclic) bond motifs is 1. The van der Waals surface area contributed by atoms with Gasteiger partial charge in [0.15, 0.2) is 0 Å². The van der Waals surface area contributed by atoms with Gasteiger partial charge in [0, 0.05) is 24.7 Å². The number of hydrogen-bond donors (Lipinski definition) is 3. The second-order valence-electron chi connectivity index (χ2n) is 4.01. The topological polar surface area (TPSA) is 69.8 Å². The Morgan fingerprint density at radius 2 is 2.12 bits per heavy atom. The summed E-state index contributed by atoms with van der Waals surface area (Å²) in [6.07, 6.45) is 1.60. The van der Waals surface area contributed by atoms with Crippen LogP contribution < -0.4 is 10.6 Å². The van der Waals surface area contributed by atoms with Crippen LogP contribution in [0.25, 0.3) is 0 Å². The third-order valence-corrected chi connectivity index (χ3v) is 2.85. The van der Waals surface area contributed by atoms with Crippen LogP contribution in [0, 0.1) is 0 Å². The van der Waals surface area contributed by atoms with Crippen molar-refractivity contribution in [1.82, 2.24) is 15.5 Å². The van der Waals surface area contributed by atoms with Crippen LogP contribution in [0.1, 0.15) is 21.5 Å². The molecule has 1 aliphatic heterocycles. The van der Waals surface area contributed by atoms with Crippen molar-refractivity contribution in [2.45, 2.75) is 13.1 Å². The molecule has 0 saturated heterocycles. The van der Waals surface area contributed by atoms with Gasteiger partial charge in [-0.25, -0.2) is 0 Å². The van der Waals surface area contributed by atoms with Gasteiger partial charge in [-0.05, 0) is 23.3 Å². The molecule has 0 bridgehead atoms. The fourth-order valence-corrected chi connectivity index (χ4v) is 1.96. The van der Waals surface area contributed by atoms with Gasteiger partial charge in [-0.3, -0.25) is 9.89 Å². The van der Waals surface area contributed by atoms with Crippen LogP contribution in [-0.2, 0) is 13.1 Å². The number of amides is 1. The van der Waals surface area contributed by atoms with Crippen LogP contribution in [0.5, 0.6) is 0 Å². The molecule has 0 unspecified atom stereocenters. The largest absolute Gasteiger partial charge is 0.309 e. The summed E-state index contributed by atoms with van der Waals surface area (Å²) < 4.78 is 0. The number of anilines is 1. The summed E-state index contributed by atoms with van der Waals surface area (Å²) in [5, 5.41) is 12.5. The molecule has 86 valence electrons. The van der Waals surface area contributed by atoms with E-state index in [0.717, 1.165) is 13.1 Å². The third-order valence-electron chi connectivity index (χ3n) is 2.85. The Morgan fingerprint density at radius 1 is 1.24 bits per heavy atom. The van der Waals surface area contributed by atoms with Crippen LogP contribution >= 0.6 is 0 Å². The van der Waals surface area contributed by atoms with Crippen LogP contribution in [0.15, 0.2) is 30.5 Å². The molecule has 2 heterocycles. The van der Waals surface area contributed by atoms with Gasteiger partial charge < -0.3 is 10.6 Å². The van der Waals surface area contributed by atoms with Crippen molar-refractivity contribution in [3.63, 3.8) is 0 Å². The normalized spacial score (nSPS) is 13.4.